The summed E-state index contributed by atoms with van der Waals surface area (Å²) < 4.78 is 1.23. The van der Waals surface area contributed by atoms with Gasteiger partial charge in [-0.05, 0) is 29.1 Å². The summed E-state index contributed by atoms with van der Waals surface area (Å²) in [4.78, 5) is 2.34. The number of fused-ring (bicyclic) bond motifs is 2. The molecule has 1 aromatic carbocycles. The fourth-order valence-corrected chi connectivity index (χ4v) is 3.57. The molecule has 2 nitrogen and oxygen atoms in total. The van der Waals surface area contributed by atoms with E-state index >= 15 is 0 Å². The summed E-state index contributed by atoms with van der Waals surface area (Å²) in [5, 5.41) is 2.58. The zero-order valence-electron chi connectivity index (χ0n) is 18.6. The van der Waals surface area contributed by atoms with Gasteiger partial charge in [-0.25, -0.2) is 0 Å². The van der Waals surface area contributed by atoms with Crippen LogP contribution in [0, 0.1) is 14.9 Å². The quantitative estimate of drug-likeness (QED) is 0.304. The van der Waals surface area contributed by atoms with Crippen LogP contribution in [0.3, 0.4) is 0 Å². The molecule has 0 radical (unpaired) electrons. The van der Waals surface area contributed by atoms with Crippen LogP contribution in [-0.2, 0) is 23.3 Å². The molecule has 162 valence electrons. The number of nitrogens with zero attached hydrogens (tertiary/aromatic N) is 1. The fraction of sp³-hybridized carbons (Fsp3) is 0.429. The van der Waals surface area contributed by atoms with Crippen LogP contribution < -0.4 is 15.3 Å². The standard InChI is InChI=1S/C15H15BrN.C4H10N.2CH3.2ClH.H2Si.Zr/c1-8-5-11-7-13-14(15(16)12(11)6-8)9(2)10(3)17(13)4;1-4(2,3)5;;;;;;/h6-7,10H,1-4H3;5H,1-3H3;2*1H3;2*1H;1H2;/q4*-1;;;;. The third-order valence-corrected chi connectivity index (χ3v) is 4.78. The molecule has 1 aliphatic heterocycles. The molecule has 1 heterocycles. The first-order valence-electron chi connectivity index (χ1n) is 7.99. The number of hydrogen-bond acceptors (Lipinski definition) is 1. The van der Waals surface area contributed by atoms with Crippen molar-refractivity contribution in [1.82, 2.24) is 0 Å². The Hall–Kier alpha value is 0.620. The van der Waals surface area contributed by atoms with Gasteiger partial charge in [-0.1, -0.05) is 43.6 Å². The molecule has 1 atom stereocenters. The van der Waals surface area contributed by atoms with E-state index in [-0.39, 0.29) is 45.2 Å². The molecule has 1 aromatic rings. The first-order chi connectivity index (χ1) is 11.0. The molecular formula is C21H35BrCl2N2SiZr-4. The van der Waals surface area contributed by atoms with Gasteiger partial charge in [0.2, 0.25) is 0 Å². The van der Waals surface area contributed by atoms with Gasteiger partial charge in [-0.2, -0.15) is 6.08 Å². The van der Waals surface area contributed by atoms with Crippen molar-refractivity contribution in [2.45, 2.75) is 53.1 Å². The van der Waals surface area contributed by atoms with Gasteiger partial charge in [0, 0.05) is 18.8 Å². The van der Waals surface area contributed by atoms with Gasteiger partial charge in [0.15, 0.2) is 0 Å². The summed E-state index contributed by atoms with van der Waals surface area (Å²) in [5.41, 5.74) is 11.9. The summed E-state index contributed by atoms with van der Waals surface area (Å²) in [6, 6.07) is 2.74. The first kappa shape index (κ1) is 36.0. The van der Waals surface area contributed by atoms with Crippen LogP contribution in [0.5, 0.6) is 0 Å². The Bertz CT molecular complexity index is 783. The third-order valence-electron chi connectivity index (χ3n) is 3.96. The summed E-state index contributed by atoms with van der Waals surface area (Å²) in [7, 11) is 2.16. The van der Waals surface area contributed by atoms with Gasteiger partial charge >= 0.3 is 30.2 Å². The summed E-state index contributed by atoms with van der Waals surface area (Å²) in [5.74, 6) is 0. The first-order valence-corrected chi connectivity index (χ1v) is 14.7. The molecule has 0 saturated heterocycles. The van der Waals surface area contributed by atoms with Gasteiger partial charge < -0.3 is 25.5 Å². The molecule has 0 spiro atoms. The fourth-order valence-electron chi connectivity index (χ4n) is 2.72. The average Bonchev–Trinajstić information content (AvgIpc) is 2.94. The molecule has 1 unspecified atom stereocenters. The second-order valence-corrected chi connectivity index (χ2v) is 8.01. The van der Waals surface area contributed by atoms with Crippen LogP contribution in [0.2, 0.25) is 0 Å². The van der Waals surface area contributed by atoms with E-state index in [9.17, 15) is 0 Å². The maximum absolute atomic E-state index is 6.94. The van der Waals surface area contributed by atoms with E-state index in [1.54, 1.807) is 23.3 Å². The Morgan fingerprint density at radius 3 is 2.04 bits per heavy atom. The molecule has 2 aliphatic rings. The predicted molar refractivity (Wildman–Crippen MR) is 137 cm³/mol. The SMILES string of the molecule is CC(C)(C)[NH-].CC1=Cc2c(Br)c3c(cc2=[C-]1)N(C)C(C)C=3C.Cl.Cl.[CH3-].[CH3-].[SiH2]=[Zr]. The summed E-state index contributed by atoms with van der Waals surface area (Å²) in [6.07, 6.45) is 5.62. The van der Waals surface area contributed by atoms with E-state index in [2.05, 4.69) is 66.9 Å². The molecule has 7 heteroatoms. The van der Waals surface area contributed by atoms with Crippen LogP contribution in [-0.4, -0.2) is 25.5 Å². The molecule has 0 bridgehead atoms. The summed E-state index contributed by atoms with van der Waals surface area (Å²) in [6.45, 7) is 14.1. The zero-order valence-corrected chi connectivity index (χ0v) is 25.7. The van der Waals surface area contributed by atoms with Gasteiger partial charge in [-0.3, -0.25) is 0 Å². The number of halogens is 3. The molecule has 1 N–H and O–H groups in total. The Balaban J connectivity index is -0.000000233. The topological polar surface area (TPSA) is 27.0 Å². The second kappa shape index (κ2) is 14.6. The monoisotopic (exact) mass is 582 g/mol. The van der Waals surface area contributed by atoms with Crippen LogP contribution in [0.25, 0.3) is 23.5 Å². The minimum atomic E-state index is -0.250. The van der Waals surface area contributed by atoms with Crippen molar-refractivity contribution >= 4 is 71.0 Å². The van der Waals surface area contributed by atoms with Crippen LogP contribution in [0.1, 0.15) is 47.1 Å². The molecule has 1 aliphatic carbocycles. The number of nitrogens with one attached hydrogen (secondary N) is 1. The maximum atomic E-state index is 6.94. The van der Waals surface area contributed by atoms with Crippen LogP contribution in [0.4, 0.5) is 5.69 Å². The van der Waals surface area contributed by atoms with Crippen molar-refractivity contribution in [3.05, 3.63) is 52.7 Å². The van der Waals surface area contributed by atoms with Gasteiger partial charge in [0.05, 0.1) is 0 Å². The van der Waals surface area contributed by atoms with Crippen molar-refractivity contribution in [2.24, 2.45) is 0 Å². The van der Waals surface area contributed by atoms with E-state index in [1.807, 2.05) is 27.7 Å². The van der Waals surface area contributed by atoms with Crippen molar-refractivity contribution in [3.63, 3.8) is 0 Å². The van der Waals surface area contributed by atoms with Crippen molar-refractivity contribution in [2.75, 3.05) is 11.9 Å². The predicted octanol–water partition coefficient (Wildman–Crippen LogP) is 5.19. The number of rotatable bonds is 0. The normalized spacial score (nSPS) is 15.1. The molecule has 0 amide bonds. The average molecular weight is 586 g/mol. The molecule has 28 heavy (non-hydrogen) atoms. The van der Waals surface area contributed by atoms with Crippen molar-refractivity contribution < 1.29 is 23.3 Å². The van der Waals surface area contributed by atoms with Gasteiger partial charge in [0.25, 0.3) is 0 Å². The molecule has 3 rings (SSSR count). The van der Waals surface area contributed by atoms with E-state index in [0.29, 0.717) is 6.04 Å². The summed E-state index contributed by atoms with van der Waals surface area (Å²) >= 11 is 5.35. The second-order valence-electron chi connectivity index (χ2n) is 7.22. The molecule has 0 saturated carbocycles. The third kappa shape index (κ3) is 8.78. The number of allylic oxidation sites excluding steroid dienone is 1. The number of benzene rings is 1. The number of anilines is 1. The Morgan fingerprint density at radius 2 is 1.61 bits per heavy atom. The Morgan fingerprint density at radius 1 is 1.18 bits per heavy atom. The van der Waals surface area contributed by atoms with E-state index in [4.69, 9.17) is 5.73 Å². The van der Waals surface area contributed by atoms with Crippen molar-refractivity contribution in [1.29, 1.82) is 0 Å². The van der Waals surface area contributed by atoms with Crippen molar-refractivity contribution in [3.8, 4) is 0 Å². The van der Waals surface area contributed by atoms with E-state index in [0.717, 1.165) is 0 Å². The Labute approximate surface area is 210 Å². The molecule has 0 aromatic heterocycles. The Kier molecular flexibility index (Phi) is 18.8. The number of hydrogen-bond donors (Lipinski definition) is 0. The molecule has 0 fully saturated rings. The van der Waals surface area contributed by atoms with Gasteiger partial charge in [-0.15, -0.1) is 58.9 Å². The zero-order chi connectivity index (χ0) is 18.8. The van der Waals surface area contributed by atoms with E-state index in [1.165, 1.54) is 37.3 Å². The van der Waals surface area contributed by atoms with Crippen LogP contribution in [0.15, 0.2) is 16.1 Å². The van der Waals surface area contributed by atoms with Crippen LogP contribution >= 0.6 is 40.7 Å². The minimum absolute atomic E-state index is 0. The molecular weight excluding hydrogens is 550 g/mol. The van der Waals surface area contributed by atoms with Gasteiger partial charge in [0.1, 0.15) is 0 Å². The van der Waals surface area contributed by atoms with E-state index < -0.39 is 0 Å².